The number of ketones is 1. The minimum absolute atomic E-state index is 0.0184. The molecular weight excluding hydrogens is 425 g/mol. The molecule has 0 atom stereocenters. The lowest BCUT2D eigenvalue weighted by molar-refractivity contribution is -0.142. The third kappa shape index (κ3) is 4.02. The van der Waals surface area contributed by atoms with Crippen molar-refractivity contribution in [2.24, 2.45) is 0 Å². The van der Waals surface area contributed by atoms with Crippen LogP contribution in [0.5, 0.6) is 11.5 Å². The van der Waals surface area contributed by atoms with Gasteiger partial charge in [0.25, 0.3) is 0 Å². The second kappa shape index (κ2) is 8.09. The highest BCUT2D eigenvalue weighted by molar-refractivity contribution is 5.96. The van der Waals surface area contributed by atoms with Crippen molar-refractivity contribution in [3.05, 3.63) is 41.7 Å². The summed E-state index contributed by atoms with van der Waals surface area (Å²) in [5, 5.41) is 3.97. The van der Waals surface area contributed by atoms with Gasteiger partial charge >= 0.3 is 6.18 Å². The Labute approximate surface area is 181 Å². The minimum atomic E-state index is -4.68. The molecule has 0 N–H and O–H groups in total. The van der Waals surface area contributed by atoms with Gasteiger partial charge in [-0.3, -0.25) is 9.69 Å². The Bertz CT molecular complexity index is 1170. The minimum Gasteiger partial charge on any atom is -0.454 e. The van der Waals surface area contributed by atoms with Crippen LogP contribution in [0.3, 0.4) is 0 Å². The molecule has 2 aromatic heterocycles. The van der Waals surface area contributed by atoms with E-state index in [4.69, 9.17) is 9.47 Å². The van der Waals surface area contributed by atoms with Crippen molar-refractivity contribution in [3.8, 4) is 22.8 Å². The SMILES string of the molecule is O=C(CN1CCCCCC1)c1cc2nc(-c3ccc4c(c3)OCO4)cc(C(F)(F)F)n2n1. The summed E-state index contributed by atoms with van der Waals surface area (Å²) in [5.41, 5.74) is -0.499. The normalized spacial score (nSPS) is 17.0. The van der Waals surface area contributed by atoms with Crippen molar-refractivity contribution in [1.29, 1.82) is 0 Å². The van der Waals surface area contributed by atoms with Gasteiger partial charge in [-0.1, -0.05) is 12.8 Å². The molecule has 3 aromatic rings. The number of fused-ring (bicyclic) bond motifs is 2. The Morgan fingerprint density at radius 3 is 2.50 bits per heavy atom. The molecule has 32 heavy (non-hydrogen) atoms. The molecule has 0 aliphatic carbocycles. The quantitative estimate of drug-likeness (QED) is 0.560. The zero-order chi connectivity index (χ0) is 22.3. The molecule has 1 saturated heterocycles. The van der Waals surface area contributed by atoms with Crippen LogP contribution in [0.25, 0.3) is 16.9 Å². The maximum absolute atomic E-state index is 13.8. The molecule has 5 rings (SSSR count). The van der Waals surface area contributed by atoms with E-state index >= 15 is 0 Å². The number of likely N-dealkylation sites (tertiary alicyclic amines) is 1. The number of halogens is 3. The van der Waals surface area contributed by atoms with Crippen molar-refractivity contribution in [1.82, 2.24) is 19.5 Å². The van der Waals surface area contributed by atoms with Gasteiger partial charge in [0.05, 0.1) is 12.2 Å². The molecule has 4 heterocycles. The van der Waals surface area contributed by atoms with Gasteiger partial charge < -0.3 is 9.47 Å². The Morgan fingerprint density at radius 2 is 1.75 bits per heavy atom. The number of hydrogen-bond donors (Lipinski definition) is 0. The number of carbonyl (C=O) groups is 1. The van der Waals surface area contributed by atoms with E-state index in [9.17, 15) is 18.0 Å². The number of Topliss-reactive ketones (excluding diaryl/α,β-unsaturated/α-hetero) is 1. The van der Waals surface area contributed by atoms with Gasteiger partial charge in [0.2, 0.25) is 6.79 Å². The highest BCUT2D eigenvalue weighted by atomic mass is 19.4. The molecule has 0 unspecified atom stereocenters. The molecule has 0 spiro atoms. The number of carbonyl (C=O) groups excluding carboxylic acids is 1. The van der Waals surface area contributed by atoms with Gasteiger partial charge in [0.15, 0.2) is 28.6 Å². The average Bonchev–Trinajstić information content (AvgIpc) is 3.33. The lowest BCUT2D eigenvalue weighted by Gasteiger charge is -2.17. The molecule has 7 nitrogen and oxygen atoms in total. The number of benzene rings is 1. The monoisotopic (exact) mass is 446 g/mol. The Morgan fingerprint density at radius 1 is 1.00 bits per heavy atom. The van der Waals surface area contributed by atoms with Crippen LogP contribution in [0.4, 0.5) is 13.2 Å². The third-order valence-corrected chi connectivity index (χ3v) is 5.74. The number of rotatable bonds is 4. The lowest BCUT2D eigenvalue weighted by Crippen LogP contribution is -2.31. The van der Waals surface area contributed by atoms with E-state index in [1.165, 1.54) is 6.07 Å². The highest BCUT2D eigenvalue weighted by Crippen LogP contribution is 2.37. The largest absolute Gasteiger partial charge is 0.454 e. The summed E-state index contributed by atoms with van der Waals surface area (Å²) in [6.45, 7) is 1.81. The number of hydrogen-bond acceptors (Lipinski definition) is 6. The molecule has 168 valence electrons. The van der Waals surface area contributed by atoms with E-state index in [2.05, 4.69) is 10.1 Å². The summed E-state index contributed by atoms with van der Waals surface area (Å²) in [4.78, 5) is 19.2. The van der Waals surface area contributed by atoms with E-state index in [1.54, 1.807) is 18.2 Å². The highest BCUT2D eigenvalue weighted by Gasteiger charge is 2.36. The van der Waals surface area contributed by atoms with Gasteiger partial charge in [0, 0.05) is 11.6 Å². The molecule has 0 radical (unpaired) electrons. The van der Waals surface area contributed by atoms with Gasteiger partial charge in [0.1, 0.15) is 5.69 Å². The Balaban J connectivity index is 1.52. The van der Waals surface area contributed by atoms with Crippen LogP contribution >= 0.6 is 0 Å². The fraction of sp³-hybridized carbons (Fsp3) is 0.409. The van der Waals surface area contributed by atoms with Crippen LogP contribution < -0.4 is 9.47 Å². The standard InChI is InChI=1S/C22H21F3N4O3/c23-22(24,25)20-10-15(14-5-6-18-19(9-14)32-13-31-18)26-21-11-16(27-29(20)21)17(30)12-28-7-3-1-2-4-8-28/h5-6,9-11H,1-4,7-8,12-13H2. The van der Waals surface area contributed by atoms with E-state index in [0.717, 1.165) is 44.8 Å². The van der Waals surface area contributed by atoms with Gasteiger partial charge in [-0.05, 0) is 50.2 Å². The van der Waals surface area contributed by atoms with Crippen LogP contribution in [-0.4, -0.2) is 51.7 Å². The molecule has 2 aliphatic heterocycles. The van der Waals surface area contributed by atoms with E-state index in [1.807, 2.05) is 4.90 Å². The van der Waals surface area contributed by atoms with Crippen molar-refractivity contribution in [3.63, 3.8) is 0 Å². The van der Waals surface area contributed by atoms with E-state index < -0.39 is 11.9 Å². The Hall–Kier alpha value is -3.14. The van der Waals surface area contributed by atoms with Crippen LogP contribution in [0.15, 0.2) is 30.3 Å². The van der Waals surface area contributed by atoms with Crippen LogP contribution in [0.2, 0.25) is 0 Å². The van der Waals surface area contributed by atoms with Crippen molar-refractivity contribution in [2.75, 3.05) is 26.4 Å². The topological polar surface area (TPSA) is 69.0 Å². The fourth-order valence-electron chi connectivity index (χ4n) is 4.09. The summed E-state index contributed by atoms with van der Waals surface area (Å²) < 4.78 is 52.8. The number of alkyl halides is 3. The van der Waals surface area contributed by atoms with E-state index in [-0.39, 0.29) is 36.2 Å². The third-order valence-electron chi connectivity index (χ3n) is 5.74. The molecule has 2 aliphatic rings. The lowest BCUT2D eigenvalue weighted by atomic mass is 10.1. The smallest absolute Gasteiger partial charge is 0.433 e. The summed E-state index contributed by atoms with van der Waals surface area (Å²) in [6, 6.07) is 7.09. The van der Waals surface area contributed by atoms with Crippen molar-refractivity contribution < 1.29 is 27.4 Å². The predicted octanol–water partition coefficient (Wildman–Crippen LogP) is 4.20. The second-order valence-electron chi connectivity index (χ2n) is 8.01. The molecule has 0 bridgehead atoms. The molecular formula is C22H21F3N4O3. The fourth-order valence-corrected chi connectivity index (χ4v) is 4.09. The first-order chi connectivity index (χ1) is 15.4. The Kier molecular flexibility index (Phi) is 5.24. The van der Waals surface area contributed by atoms with Crippen LogP contribution in [-0.2, 0) is 6.18 Å². The summed E-state index contributed by atoms with van der Waals surface area (Å²) in [5.74, 6) is 0.659. The second-order valence-corrected chi connectivity index (χ2v) is 8.01. The zero-order valence-electron chi connectivity index (χ0n) is 17.2. The van der Waals surface area contributed by atoms with Crippen LogP contribution in [0.1, 0.15) is 41.9 Å². The maximum atomic E-state index is 13.8. The molecule has 0 saturated carbocycles. The first-order valence-corrected chi connectivity index (χ1v) is 10.5. The number of nitrogens with zero attached hydrogens (tertiary/aromatic N) is 4. The van der Waals surface area contributed by atoms with Gasteiger partial charge in [-0.15, -0.1) is 0 Å². The molecule has 1 aromatic carbocycles. The molecule has 0 amide bonds. The van der Waals surface area contributed by atoms with Crippen LogP contribution in [0, 0.1) is 0 Å². The average molecular weight is 446 g/mol. The predicted molar refractivity (Wildman–Crippen MR) is 109 cm³/mol. The van der Waals surface area contributed by atoms with Gasteiger partial charge in [-0.2, -0.15) is 18.3 Å². The van der Waals surface area contributed by atoms with Crippen molar-refractivity contribution >= 4 is 11.4 Å². The van der Waals surface area contributed by atoms with Gasteiger partial charge in [-0.25, -0.2) is 9.50 Å². The number of aromatic nitrogens is 3. The summed E-state index contributed by atoms with van der Waals surface area (Å²) in [6.07, 6.45) is -0.404. The van der Waals surface area contributed by atoms with Crippen molar-refractivity contribution in [2.45, 2.75) is 31.9 Å². The zero-order valence-corrected chi connectivity index (χ0v) is 17.2. The summed E-state index contributed by atoms with van der Waals surface area (Å²) in [7, 11) is 0. The summed E-state index contributed by atoms with van der Waals surface area (Å²) >= 11 is 0. The van der Waals surface area contributed by atoms with E-state index in [0.29, 0.717) is 21.6 Å². The molecule has 10 heteroatoms. The number of ether oxygens (including phenoxy) is 2. The first kappa shape index (κ1) is 20.7. The first-order valence-electron chi connectivity index (χ1n) is 10.5. The molecule has 1 fully saturated rings. The maximum Gasteiger partial charge on any atom is 0.433 e.